The summed E-state index contributed by atoms with van der Waals surface area (Å²) < 4.78 is 11.4. The molecular weight excluding hydrogens is 536 g/mol. The van der Waals surface area contributed by atoms with Crippen molar-refractivity contribution in [3.8, 4) is 0 Å². The van der Waals surface area contributed by atoms with Gasteiger partial charge in [-0.3, -0.25) is 20.0 Å². The number of hydrogen-bond donors (Lipinski definition) is 1. The van der Waals surface area contributed by atoms with Gasteiger partial charge >= 0.3 is 5.97 Å². The number of aromatic nitrogens is 3. The third-order valence-corrected chi connectivity index (χ3v) is 6.89. The van der Waals surface area contributed by atoms with Crippen LogP contribution in [0.3, 0.4) is 0 Å². The predicted octanol–water partition coefficient (Wildman–Crippen LogP) is 5.14. The van der Waals surface area contributed by atoms with Crippen LogP contribution in [0.5, 0.6) is 0 Å². The van der Waals surface area contributed by atoms with Gasteiger partial charge in [-0.2, -0.15) is 4.98 Å². The maximum absolute atomic E-state index is 13.6. The number of rotatable bonds is 10. The predicted molar refractivity (Wildman–Crippen MR) is 154 cm³/mol. The van der Waals surface area contributed by atoms with Crippen molar-refractivity contribution in [2.75, 3.05) is 7.05 Å². The van der Waals surface area contributed by atoms with Gasteiger partial charge in [0.15, 0.2) is 5.82 Å². The molecule has 1 aliphatic heterocycles. The molecule has 5 rings (SSSR count). The lowest BCUT2D eigenvalue weighted by Gasteiger charge is -2.30. The van der Waals surface area contributed by atoms with Gasteiger partial charge in [0.05, 0.1) is 23.0 Å². The molecule has 1 aliphatic rings. The highest BCUT2D eigenvalue weighted by atomic mass is 16.6. The van der Waals surface area contributed by atoms with Gasteiger partial charge in [-0.05, 0) is 38.1 Å². The van der Waals surface area contributed by atoms with E-state index in [1.807, 2.05) is 50.4 Å². The number of carbonyl (C=O) groups is 1. The zero-order chi connectivity index (χ0) is 29.6. The van der Waals surface area contributed by atoms with E-state index in [1.165, 1.54) is 12.1 Å². The van der Waals surface area contributed by atoms with Gasteiger partial charge in [0.1, 0.15) is 6.61 Å². The summed E-state index contributed by atoms with van der Waals surface area (Å²) >= 11 is 0. The van der Waals surface area contributed by atoms with Crippen molar-refractivity contribution in [3.63, 3.8) is 0 Å². The van der Waals surface area contributed by atoms with Gasteiger partial charge < -0.3 is 14.6 Å². The number of nitrogens with zero attached hydrogens (tertiary/aromatic N) is 5. The number of pyridine rings is 1. The van der Waals surface area contributed by atoms with Crippen molar-refractivity contribution < 1.29 is 19.0 Å². The van der Waals surface area contributed by atoms with Crippen molar-refractivity contribution in [2.24, 2.45) is 0 Å². The molecule has 0 radical (unpaired) electrons. The normalized spacial score (nSPS) is 15.1. The van der Waals surface area contributed by atoms with Gasteiger partial charge in [-0.15, -0.1) is 0 Å². The summed E-state index contributed by atoms with van der Waals surface area (Å²) in [5.41, 5.74) is 4.38. The number of nitrogens with one attached hydrogen (secondary N) is 1. The molecular formula is C31H30N6O5. The smallest absolute Gasteiger partial charge is 0.337 e. The van der Waals surface area contributed by atoms with Crippen LogP contribution in [0.15, 0.2) is 101 Å². The van der Waals surface area contributed by atoms with Crippen LogP contribution in [-0.2, 0) is 29.2 Å². The third-order valence-electron chi connectivity index (χ3n) is 6.89. The molecule has 1 atom stereocenters. The van der Waals surface area contributed by atoms with Crippen LogP contribution in [0.25, 0.3) is 5.57 Å². The molecule has 2 aromatic heterocycles. The van der Waals surface area contributed by atoms with Gasteiger partial charge in [0.2, 0.25) is 0 Å². The van der Waals surface area contributed by atoms with E-state index >= 15 is 0 Å². The molecule has 42 heavy (non-hydrogen) atoms. The Kier molecular flexibility index (Phi) is 8.49. The summed E-state index contributed by atoms with van der Waals surface area (Å²) in [6, 6.07) is 19.8. The molecule has 214 valence electrons. The Hall–Kier alpha value is -5.16. The maximum Gasteiger partial charge on any atom is 0.337 e. The number of esters is 1. The van der Waals surface area contributed by atoms with Crippen LogP contribution in [0.2, 0.25) is 0 Å². The summed E-state index contributed by atoms with van der Waals surface area (Å²) in [6.45, 7) is 4.74. The molecule has 1 unspecified atom stereocenters. The Labute approximate surface area is 242 Å². The van der Waals surface area contributed by atoms with E-state index in [1.54, 1.807) is 37.5 Å². The van der Waals surface area contributed by atoms with Crippen molar-refractivity contribution >= 4 is 17.2 Å². The van der Waals surface area contributed by atoms with E-state index in [-0.39, 0.29) is 18.2 Å². The van der Waals surface area contributed by atoms with E-state index in [9.17, 15) is 14.9 Å². The monoisotopic (exact) mass is 566 g/mol. The minimum atomic E-state index is -0.761. The zero-order valence-corrected chi connectivity index (χ0v) is 23.5. The fraction of sp³-hybridized carbons (Fsp3) is 0.226. The minimum absolute atomic E-state index is 0.0155. The first kappa shape index (κ1) is 28.4. The highest BCUT2D eigenvalue weighted by Gasteiger charge is 2.38. The van der Waals surface area contributed by atoms with Crippen molar-refractivity contribution in [3.05, 3.63) is 135 Å². The lowest BCUT2D eigenvalue weighted by Crippen LogP contribution is -2.28. The minimum Gasteiger partial charge on any atom is -0.457 e. The second-order valence-electron chi connectivity index (χ2n) is 10.1. The number of allylic oxidation sites excluding steroid dienone is 3. The van der Waals surface area contributed by atoms with Crippen molar-refractivity contribution in [1.82, 2.24) is 25.3 Å². The van der Waals surface area contributed by atoms with Crippen LogP contribution < -0.4 is 5.32 Å². The van der Waals surface area contributed by atoms with E-state index in [0.717, 1.165) is 11.1 Å². The lowest BCUT2D eigenvalue weighted by atomic mass is 9.80. The standard InChI is InChI=1S/C31H30N6O5/c1-20-27(30-34-26(35-42-30)18-36(3)17-22-9-5-4-6-10-22)29(24-12-7-13-25(15-24)37(39)40)28(21(2)33-20)31(38)41-19-23-11-8-14-32-16-23/h4-16,29,33H,17-19H2,1-3H3. The first-order valence-electron chi connectivity index (χ1n) is 13.3. The highest BCUT2D eigenvalue weighted by Crippen LogP contribution is 2.44. The Morgan fingerprint density at radius 2 is 1.83 bits per heavy atom. The van der Waals surface area contributed by atoms with Gasteiger partial charge in [0.25, 0.3) is 11.6 Å². The topological polar surface area (TPSA) is 137 Å². The fourth-order valence-corrected chi connectivity index (χ4v) is 5.03. The average molecular weight is 567 g/mol. The zero-order valence-electron chi connectivity index (χ0n) is 23.5. The largest absolute Gasteiger partial charge is 0.457 e. The molecule has 3 heterocycles. The molecule has 0 spiro atoms. The molecule has 0 saturated carbocycles. The second kappa shape index (κ2) is 12.6. The second-order valence-corrected chi connectivity index (χ2v) is 10.1. The molecule has 0 fully saturated rings. The first-order valence-corrected chi connectivity index (χ1v) is 13.3. The van der Waals surface area contributed by atoms with Gasteiger partial charge in [-0.1, -0.05) is 53.7 Å². The first-order chi connectivity index (χ1) is 20.3. The quantitative estimate of drug-likeness (QED) is 0.156. The molecule has 11 nitrogen and oxygen atoms in total. The maximum atomic E-state index is 13.6. The number of benzene rings is 2. The average Bonchev–Trinajstić information content (AvgIpc) is 3.44. The number of hydrogen-bond acceptors (Lipinski definition) is 10. The summed E-state index contributed by atoms with van der Waals surface area (Å²) in [4.78, 5) is 35.6. The van der Waals surface area contributed by atoms with Gasteiger partial charge in [-0.25, -0.2) is 4.79 Å². The third kappa shape index (κ3) is 6.42. The number of carbonyl (C=O) groups excluding carboxylic acids is 1. The number of nitro groups is 1. The van der Waals surface area contributed by atoms with Crippen LogP contribution >= 0.6 is 0 Å². The molecule has 0 aliphatic carbocycles. The summed E-state index contributed by atoms with van der Waals surface area (Å²) in [6.07, 6.45) is 3.26. The summed E-state index contributed by atoms with van der Waals surface area (Å²) in [5, 5.41) is 19.1. The van der Waals surface area contributed by atoms with Gasteiger partial charge in [0, 0.05) is 53.6 Å². The van der Waals surface area contributed by atoms with Crippen molar-refractivity contribution in [2.45, 2.75) is 39.5 Å². The Morgan fingerprint density at radius 3 is 2.57 bits per heavy atom. The van der Waals surface area contributed by atoms with Crippen LogP contribution in [0.4, 0.5) is 5.69 Å². The van der Waals surface area contributed by atoms with E-state index in [2.05, 4.69) is 25.3 Å². The van der Waals surface area contributed by atoms with Crippen LogP contribution in [0, 0.1) is 10.1 Å². The van der Waals surface area contributed by atoms with Crippen LogP contribution in [-0.4, -0.2) is 38.0 Å². The van der Waals surface area contributed by atoms with Crippen molar-refractivity contribution in [1.29, 1.82) is 0 Å². The molecule has 11 heteroatoms. The highest BCUT2D eigenvalue weighted by molar-refractivity contribution is 5.97. The molecule has 4 aromatic rings. The summed E-state index contributed by atoms with van der Waals surface area (Å²) in [5.74, 6) is -0.659. The van der Waals surface area contributed by atoms with E-state index in [0.29, 0.717) is 47.0 Å². The van der Waals surface area contributed by atoms with E-state index in [4.69, 9.17) is 9.26 Å². The Morgan fingerprint density at radius 1 is 1.05 bits per heavy atom. The fourth-order valence-electron chi connectivity index (χ4n) is 5.03. The number of nitro benzene ring substituents is 1. The Bertz CT molecular complexity index is 1650. The Balaban J connectivity index is 1.48. The molecule has 2 aromatic carbocycles. The van der Waals surface area contributed by atoms with E-state index < -0.39 is 16.8 Å². The number of dihydropyridines is 1. The molecule has 0 bridgehead atoms. The lowest BCUT2D eigenvalue weighted by molar-refractivity contribution is -0.384. The van der Waals surface area contributed by atoms with Crippen LogP contribution in [0.1, 0.15) is 48.2 Å². The SMILES string of the molecule is CC1=C(C(=O)OCc2cccnc2)C(c2cccc([N+](=O)[O-])c2)C(c2nc(CN(C)Cc3ccccc3)no2)=C(C)N1. The molecule has 0 amide bonds. The molecule has 1 N–H and O–H groups in total. The number of non-ortho nitro benzene ring substituents is 1. The molecule has 0 saturated heterocycles. The summed E-state index contributed by atoms with van der Waals surface area (Å²) in [7, 11) is 1.96. The number of ether oxygens (including phenoxy) is 1.